The summed E-state index contributed by atoms with van der Waals surface area (Å²) in [5.41, 5.74) is 1.68. The number of carbonyl (C=O) groups excluding carboxylic acids is 1. The fourth-order valence-electron chi connectivity index (χ4n) is 3.11. The predicted octanol–water partition coefficient (Wildman–Crippen LogP) is 3.71. The van der Waals surface area contributed by atoms with Crippen LogP contribution in [0.15, 0.2) is 48.5 Å². The molecular formula is C21H26ClN3O3. The van der Waals surface area contributed by atoms with Crippen LogP contribution in [0.3, 0.4) is 0 Å². The number of nitrogens with one attached hydrogen (secondary N) is 1. The number of benzene rings is 2. The summed E-state index contributed by atoms with van der Waals surface area (Å²) in [5, 5.41) is 3.59. The van der Waals surface area contributed by atoms with Crippen molar-refractivity contribution >= 4 is 23.3 Å². The van der Waals surface area contributed by atoms with E-state index in [2.05, 4.69) is 10.2 Å². The number of carbonyl (C=O) groups is 1. The molecule has 2 amide bonds. The molecule has 0 atom stereocenters. The molecule has 3 rings (SSSR count). The number of hydrogen-bond acceptors (Lipinski definition) is 4. The molecule has 0 bridgehead atoms. The monoisotopic (exact) mass is 403 g/mol. The Hall–Kier alpha value is -2.28. The number of rotatable bonds is 7. The van der Waals surface area contributed by atoms with Gasteiger partial charge >= 0.3 is 6.03 Å². The third-order valence-electron chi connectivity index (χ3n) is 4.73. The Kier molecular flexibility index (Phi) is 7.54. The minimum atomic E-state index is -0.151. The van der Waals surface area contributed by atoms with Crippen LogP contribution in [0, 0.1) is 0 Å². The maximum atomic E-state index is 13.0. The van der Waals surface area contributed by atoms with Crippen LogP contribution in [0.2, 0.25) is 5.02 Å². The van der Waals surface area contributed by atoms with Crippen LogP contribution < -0.4 is 10.1 Å². The molecule has 2 aromatic carbocycles. The van der Waals surface area contributed by atoms with Crippen molar-refractivity contribution in [1.29, 1.82) is 0 Å². The Balaban J connectivity index is 1.70. The van der Waals surface area contributed by atoms with E-state index in [1.807, 2.05) is 29.2 Å². The second-order valence-corrected chi connectivity index (χ2v) is 7.06. The summed E-state index contributed by atoms with van der Waals surface area (Å²) in [7, 11) is 1.64. The summed E-state index contributed by atoms with van der Waals surface area (Å²) in [6, 6.07) is 14.7. The van der Waals surface area contributed by atoms with E-state index in [4.69, 9.17) is 21.1 Å². The average Bonchev–Trinajstić information content (AvgIpc) is 2.73. The van der Waals surface area contributed by atoms with Gasteiger partial charge in [0.1, 0.15) is 5.75 Å². The molecule has 28 heavy (non-hydrogen) atoms. The number of methoxy groups -OCH3 is 1. The first-order chi connectivity index (χ1) is 13.7. The highest BCUT2D eigenvalue weighted by Crippen LogP contribution is 2.20. The second-order valence-electron chi connectivity index (χ2n) is 6.62. The number of ether oxygens (including phenoxy) is 2. The molecule has 0 aromatic heterocycles. The molecule has 1 heterocycles. The average molecular weight is 404 g/mol. The maximum Gasteiger partial charge on any atom is 0.322 e. The van der Waals surface area contributed by atoms with Gasteiger partial charge in [0, 0.05) is 42.5 Å². The van der Waals surface area contributed by atoms with Crippen LogP contribution in [-0.4, -0.2) is 62.3 Å². The zero-order valence-electron chi connectivity index (χ0n) is 16.1. The van der Waals surface area contributed by atoms with E-state index in [0.29, 0.717) is 23.8 Å². The highest BCUT2D eigenvalue weighted by Gasteiger charge is 2.18. The lowest BCUT2D eigenvalue weighted by molar-refractivity contribution is 0.0349. The zero-order valence-corrected chi connectivity index (χ0v) is 16.8. The Labute approximate surface area is 171 Å². The van der Waals surface area contributed by atoms with Gasteiger partial charge in [-0.05, 0) is 30.3 Å². The molecular weight excluding hydrogens is 378 g/mol. The zero-order chi connectivity index (χ0) is 19.8. The van der Waals surface area contributed by atoms with Crippen molar-refractivity contribution in [2.24, 2.45) is 0 Å². The summed E-state index contributed by atoms with van der Waals surface area (Å²) in [4.78, 5) is 17.1. The van der Waals surface area contributed by atoms with Crippen molar-refractivity contribution in [2.75, 3.05) is 51.8 Å². The SMILES string of the molecule is COc1ccccc1CN(CCN1CCOCC1)C(=O)Nc1ccc(Cl)cc1. The summed E-state index contributed by atoms with van der Waals surface area (Å²) >= 11 is 5.93. The largest absolute Gasteiger partial charge is 0.496 e. The number of urea groups is 1. The lowest BCUT2D eigenvalue weighted by Crippen LogP contribution is -2.44. The van der Waals surface area contributed by atoms with E-state index in [-0.39, 0.29) is 6.03 Å². The number of hydrogen-bond donors (Lipinski definition) is 1. The predicted molar refractivity (Wildman–Crippen MR) is 111 cm³/mol. The molecule has 1 saturated heterocycles. The van der Waals surface area contributed by atoms with Crippen LogP contribution in [0.4, 0.5) is 10.5 Å². The highest BCUT2D eigenvalue weighted by atomic mass is 35.5. The topological polar surface area (TPSA) is 54.0 Å². The Morgan fingerprint density at radius 3 is 2.61 bits per heavy atom. The standard InChI is InChI=1S/C21H26ClN3O3/c1-27-20-5-3-2-4-17(20)16-25(11-10-24-12-14-28-15-13-24)21(26)23-19-8-6-18(22)7-9-19/h2-9H,10-16H2,1H3,(H,23,26). The third kappa shape index (κ3) is 5.86. The summed E-state index contributed by atoms with van der Waals surface area (Å²) < 4.78 is 10.9. The normalized spacial score (nSPS) is 14.5. The van der Waals surface area contributed by atoms with Crippen molar-refractivity contribution < 1.29 is 14.3 Å². The van der Waals surface area contributed by atoms with Crippen LogP contribution >= 0.6 is 11.6 Å². The first kappa shape index (κ1) is 20.5. The molecule has 0 unspecified atom stereocenters. The number of nitrogens with zero attached hydrogens (tertiary/aromatic N) is 2. The lowest BCUT2D eigenvalue weighted by Gasteiger charge is -2.30. The first-order valence-corrected chi connectivity index (χ1v) is 9.77. The Morgan fingerprint density at radius 1 is 1.18 bits per heavy atom. The molecule has 150 valence electrons. The molecule has 0 spiro atoms. The van der Waals surface area contributed by atoms with Crippen LogP contribution in [0.25, 0.3) is 0 Å². The minimum Gasteiger partial charge on any atom is -0.496 e. The second kappa shape index (κ2) is 10.3. The van der Waals surface area contributed by atoms with Gasteiger partial charge in [-0.3, -0.25) is 4.90 Å². The van der Waals surface area contributed by atoms with Crippen molar-refractivity contribution in [3.63, 3.8) is 0 Å². The van der Waals surface area contributed by atoms with Gasteiger partial charge in [0.25, 0.3) is 0 Å². The van der Waals surface area contributed by atoms with Gasteiger partial charge < -0.3 is 19.7 Å². The minimum absolute atomic E-state index is 0.151. The van der Waals surface area contributed by atoms with Gasteiger partial charge in [0.05, 0.1) is 26.9 Å². The number of para-hydroxylation sites is 1. The van der Waals surface area contributed by atoms with E-state index < -0.39 is 0 Å². The van der Waals surface area contributed by atoms with Crippen LogP contribution in [-0.2, 0) is 11.3 Å². The molecule has 1 fully saturated rings. The van der Waals surface area contributed by atoms with Crippen molar-refractivity contribution in [3.05, 3.63) is 59.1 Å². The summed E-state index contributed by atoms with van der Waals surface area (Å²) in [5.74, 6) is 0.776. The molecule has 1 aliphatic rings. The summed E-state index contributed by atoms with van der Waals surface area (Å²) in [6.07, 6.45) is 0. The van der Waals surface area contributed by atoms with Crippen LogP contribution in [0.5, 0.6) is 5.75 Å². The van der Waals surface area contributed by atoms with Gasteiger partial charge in [-0.25, -0.2) is 4.79 Å². The van der Waals surface area contributed by atoms with Gasteiger partial charge in [0.15, 0.2) is 0 Å². The fraction of sp³-hybridized carbons (Fsp3) is 0.381. The van der Waals surface area contributed by atoms with Crippen molar-refractivity contribution in [2.45, 2.75) is 6.54 Å². The van der Waals surface area contributed by atoms with E-state index >= 15 is 0 Å². The number of amides is 2. The molecule has 6 nitrogen and oxygen atoms in total. The number of morpholine rings is 1. The molecule has 0 aliphatic carbocycles. The molecule has 2 aromatic rings. The summed E-state index contributed by atoms with van der Waals surface area (Å²) in [6.45, 7) is 5.13. The number of anilines is 1. The number of halogens is 1. The van der Waals surface area contributed by atoms with Gasteiger partial charge in [-0.15, -0.1) is 0 Å². The first-order valence-electron chi connectivity index (χ1n) is 9.39. The Bertz CT molecular complexity index is 764. The van der Waals surface area contributed by atoms with Crippen molar-refractivity contribution in [1.82, 2.24) is 9.80 Å². The van der Waals surface area contributed by atoms with Gasteiger partial charge in [-0.1, -0.05) is 29.8 Å². The molecule has 1 aliphatic heterocycles. The van der Waals surface area contributed by atoms with Crippen LogP contribution in [0.1, 0.15) is 5.56 Å². The van der Waals surface area contributed by atoms with E-state index in [0.717, 1.165) is 44.2 Å². The van der Waals surface area contributed by atoms with E-state index in [9.17, 15) is 4.79 Å². The fourth-order valence-corrected chi connectivity index (χ4v) is 3.24. The van der Waals surface area contributed by atoms with E-state index in [1.165, 1.54) is 0 Å². The lowest BCUT2D eigenvalue weighted by atomic mass is 10.2. The quantitative estimate of drug-likeness (QED) is 0.765. The molecule has 0 radical (unpaired) electrons. The van der Waals surface area contributed by atoms with Gasteiger partial charge in [-0.2, -0.15) is 0 Å². The smallest absolute Gasteiger partial charge is 0.322 e. The van der Waals surface area contributed by atoms with Crippen molar-refractivity contribution in [3.8, 4) is 5.75 Å². The Morgan fingerprint density at radius 2 is 1.89 bits per heavy atom. The third-order valence-corrected chi connectivity index (χ3v) is 4.98. The molecule has 1 N–H and O–H groups in total. The van der Waals surface area contributed by atoms with Gasteiger partial charge in [0.2, 0.25) is 0 Å². The maximum absolute atomic E-state index is 13.0. The molecule has 7 heteroatoms. The van der Waals surface area contributed by atoms with E-state index in [1.54, 1.807) is 31.4 Å². The highest BCUT2D eigenvalue weighted by molar-refractivity contribution is 6.30. The molecule has 0 saturated carbocycles.